The van der Waals surface area contributed by atoms with E-state index in [0.717, 1.165) is 0 Å². The van der Waals surface area contributed by atoms with Gasteiger partial charge in [0.2, 0.25) is 11.8 Å². The molecule has 0 bridgehead atoms. The molecule has 164 valence electrons. The molecule has 0 aliphatic carbocycles. The highest BCUT2D eigenvalue weighted by atomic mass is 16.5. The normalized spacial score (nSPS) is 26.9. The Morgan fingerprint density at radius 1 is 1.13 bits per heavy atom. The molecule has 4 rings (SSSR count). The molecule has 0 unspecified atom stereocenters. The zero-order chi connectivity index (χ0) is 21.1. The second-order valence-corrected chi connectivity index (χ2v) is 8.69. The minimum Gasteiger partial charge on any atom is -0.497 e. The van der Waals surface area contributed by atoms with Crippen molar-refractivity contribution in [3.05, 3.63) is 18.2 Å². The summed E-state index contributed by atoms with van der Waals surface area (Å²) in [5, 5.41) is 3.17. The van der Waals surface area contributed by atoms with Crippen molar-refractivity contribution in [2.24, 2.45) is 11.8 Å². The van der Waals surface area contributed by atoms with Gasteiger partial charge in [-0.1, -0.05) is 6.42 Å². The first-order valence-corrected chi connectivity index (χ1v) is 11.1. The van der Waals surface area contributed by atoms with Crippen molar-refractivity contribution < 1.29 is 19.1 Å². The topological polar surface area (TPSA) is 71.1 Å². The Hall–Kier alpha value is -2.28. The number of rotatable bonds is 6. The molecule has 1 aromatic rings. The van der Waals surface area contributed by atoms with E-state index in [1.54, 1.807) is 37.3 Å². The number of hydrogen-bond donors (Lipinski definition) is 1. The largest absolute Gasteiger partial charge is 0.497 e. The molecular formula is C23H33N3O4. The summed E-state index contributed by atoms with van der Waals surface area (Å²) in [7, 11) is 3.17. The Bertz CT molecular complexity index is 782. The minimum absolute atomic E-state index is 0.0133. The molecule has 0 saturated carbocycles. The van der Waals surface area contributed by atoms with Crippen molar-refractivity contribution in [2.75, 3.05) is 45.3 Å². The first kappa shape index (κ1) is 21.0. The lowest BCUT2D eigenvalue weighted by atomic mass is 9.83. The number of methoxy groups -OCH3 is 2. The van der Waals surface area contributed by atoms with E-state index in [4.69, 9.17) is 9.47 Å². The van der Waals surface area contributed by atoms with Crippen molar-refractivity contribution in [3.8, 4) is 11.5 Å². The molecule has 1 N–H and O–H groups in total. The van der Waals surface area contributed by atoms with Gasteiger partial charge in [0.1, 0.15) is 11.5 Å². The average Bonchev–Trinajstić information content (AvgIpc) is 3.18. The van der Waals surface area contributed by atoms with Gasteiger partial charge in [-0.05, 0) is 56.8 Å². The number of carbonyl (C=O) groups is 2. The zero-order valence-corrected chi connectivity index (χ0v) is 18.1. The highest BCUT2D eigenvalue weighted by Gasteiger charge is 2.38. The molecule has 2 amide bonds. The Balaban J connectivity index is 1.37. The van der Waals surface area contributed by atoms with Crippen molar-refractivity contribution in [2.45, 2.75) is 44.6 Å². The van der Waals surface area contributed by atoms with Crippen molar-refractivity contribution in [3.63, 3.8) is 0 Å². The molecule has 30 heavy (non-hydrogen) atoms. The fraction of sp³-hybridized carbons (Fsp3) is 0.652. The molecule has 3 fully saturated rings. The molecule has 1 aromatic carbocycles. The summed E-state index contributed by atoms with van der Waals surface area (Å²) in [4.78, 5) is 29.8. The molecule has 3 aliphatic heterocycles. The van der Waals surface area contributed by atoms with Gasteiger partial charge in [0.15, 0.2) is 0 Å². The molecule has 7 nitrogen and oxygen atoms in total. The number of hydrogen-bond acceptors (Lipinski definition) is 5. The number of amides is 2. The van der Waals surface area contributed by atoms with Crippen LogP contribution in [0.5, 0.6) is 11.5 Å². The minimum atomic E-state index is -0.334. The average molecular weight is 416 g/mol. The number of piperidine rings is 2. The van der Waals surface area contributed by atoms with Crippen LogP contribution in [0, 0.1) is 11.8 Å². The van der Waals surface area contributed by atoms with E-state index in [-0.39, 0.29) is 24.2 Å². The number of ether oxygens (including phenoxy) is 2. The zero-order valence-electron chi connectivity index (χ0n) is 18.1. The summed E-state index contributed by atoms with van der Waals surface area (Å²) >= 11 is 0. The van der Waals surface area contributed by atoms with Gasteiger partial charge in [-0.15, -0.1) is 0 Å². The van der Waals surface area contributed by atoms with Crippen LogP contribution < -0.4 is 19.7 Å². The van der Waals surface area contributed by atoms with Crippen LogP contribution in [0.15, 0.2) is 18.2 Å². The highest BCUT2D eigenvalue weighted by Crippen LogP contribution is 2.36. The van der Waals surface area contributed by atoms with Crippen molar-refractivity contribution in [1.29, 1.82) is 0 Å². The fourth-order valence-electron chi connectivity index (χ4n) is 5.32. The molecule has 7 heteroatoms. The maximum atomic E-state index is 12.9. The molecule has 3 saturated heterocycles. The van der Waals surface area contributed by atoms with Crippen LogP contribution in [0.4, 0.5) is 5.69 Å². The molecule has 3 atom stereocenters. The number of benzene rings is 1. The fourth-order valence-corrected chi connectivity index (χ4v) is 5.32. The van der Waals surface area contributed by atoms with Crippen LogP contribution in [0.3, 0.4) is 0 Å². The Kier molecular flexibility index (Phi) is 6.46. The number of nitrogens with one attached hydrogen (secondary N) is 1. The number of carbonyl (C=O) groups excluding carboxylic acids is 2. The molecule has 3 aliphatic rings. The highest BCUT2D eigenvalue weighted by molar-refractivity contribution is 6.01. The predicted molar refractivity (Wildman–Crippen MR) is 115 cm³/mol. The quantitative estimate of drug-likeness (QED) is 0.773. The van der Waals surface area contributed by atoms with E-state index >= 15 is 0 Å². The third-order valence-corrected chi connectivity index (χ3v) is 6.94. The Morgan fingerprint density at radius 2 is 1.97 bits per heavy atom. The summed E-state index contributed by atoms with van der Waals surface area (Å²) in [6, 6.07) is 5.98. The SMILES string of the molecule is COc1ccc(OC)c(N2C[C@@H](C(=O)NC[C@@H]3CCCN4CCCC[C@H]34)CC2=O)c1. The number of nitrogens with zero attached hydrogens (tertiary/aromatic N) is 2. The lowest BCUT2D eigenvalue weighted by molar-refractivity contribution is -0.126. The lowest BCUT2D eigenvalue weighted by Crippen LogP contribution is -2.51. The van der Waals surface area contributed by atoms with Crippen LogP contribution in [-0.2, 0) is 9.59 Å². The third kappa shape index (κ3) is 4.26. The van der Waals surface area contributed by atoms with E-state index in [0.29, 0.717) is 42.2 Å². The van der Waals surface area contributed by atoms with E-state index in [1.165, 1.54) is 45.2 Å². The summed E-state index contributed by atoms with van der Waals surface area (Å²) in [5.74, 6) is 1.37. The first-order chi connectivity index (χ1) is 14.6. The number of fused-ring (bicyclic) bond motifs is 1. The van der Waals surface area contributed by atoms with Crippen LogP contribution in [0.2, 0.25) is 0 Å². The Morgan fingerprint density at radius 3 is 2.77 bits per heavy atom. The summed E-state index contributed by atoms with van der Waals surface area (Å²) in [5.41, 5.74) is 0.655. The second kappa shape index (κ2) is 9.25. The second-order valence-electron chi connectivity index (χ2n) is 8.69. The van der Waals surface area contributed by atoms with Gasteiger partial charge in [0, 0.05) is 31.6 Å². The molecule has 3 heterocycles. The Labute approximate surface area is 178 Å². The third-order valence-electron chi connectivity index (χ3n) is 6.94. The molecule has 0 radical (unpaired) electrons. The summed E-state index contributed by atoms with van der Waals surface area (Å²) < 4.78 is 10.7. The molecular weight excluding hydrogens is 382 g/mol. The maximum absolute atomic E-state index is 12.9. The van der Waals surface area contributed by atoms with Crippen LogP contribution in [0.25, 0.3) is 0 Å². The van der Waals surface area contributed by atoms with Crippen LogP contribution in [-0.4, -0.2) is 63.2 Å². The van der Waals surface area contributed by atoms with E-state index in [9.17, 15) is 9.59 Å². The van der Waals surface area contributed by atoms with Gasteiger partial charge in [-0.3, -0.25) is 9.59 Å². The summed E-state index contributed by atoms with van der Waals surface area (Å²) in [6.45, 7) is 3.48. The maximum Gasteiger partial charge on any atom is 0.227 e. The monoisotopic (exact) mass is 415 g/mol. The molecule has 0 spiro atoms. The standard InChI is InChI=1S/C23H33N3O4/c1-29-18-8-9-21(30-2)20(13-18)26-15-17(12-22(26)27)23(28)24-14-16-6-5-11-25-10-4-3-7-19(16)25/h8-9,13,16-17,19H,3-7,10-12,14-15H2,1-2H3,(H,24,28)/t16-,17-,19+/m0/s1. The van der Waals surface area contributed by atoms with E-state index in [1.807, 2.05) is 0 Å². The smallest absolute Gasteiger partial charge is 0.227 e. The predicted octanol–water partition coefficient (Wildman–Crippen LogP) is 2.44. The van der Waals surface area contributed by atoms with Crippen LogP contribution >= 0.6 is 0 Å². The molecule has 0 aromatic heterocycles. The van der Waals surface area contributed by atoms with Gasteiger partial charge < -0.3 is 24.6 Å². The van der Waals surface area contributed by atoms with Gasteiger partial charge in [-0.25, -0.2) is 0 Å². The lowest BCUT2D eigenvalue weighted by Gasteiger charge is -2.44. The van der Waals surface area contributed by atoms with Gasteiger partial charge in [0.05, 0.1) is 25.8 Å². The van der Waals surface area contributed by atoms with E-state index < -0.39 is 0 Å². The van der Waals surface area contributed by atoms with Gasteiger partial charge in [-0.2, -0.15) is 0 Å². The first-order valence-electron chi connectivity index (χ1n) is 11.1. The van der Waals surface area contributed by atoms with Crippen molar-refractivity contribution >= 4 is 17.5 Å². The van der Waals surface area contributed by atoms with E-state index in [2.05, 4.69) is 10.2 Å². The number of anilines is 1. The summed E-state index contributed by atoms with van der Waals surface area (Å²) in [6.07, 6.45) is 6.45. The van der Waals surface area contributed by atoms with Crippen LogP contribution in [0.1, 0.15) is 38.5 Å². The van der Waals surface area contributed by atoms with Gasteiger partial charge >= 0.3 is 0 Å². The van der Waals surface area contributed by atoms with Crippen molar-refractivity contribution in [1.82, 2.24) is 10.2 Å². The van der Waals surface area contributed by atoms with Gasteiger partial charge in [0.25, 0.3) is 0 Å².